The zero-order valence-corrected chi connectivity index (χ0v) is 17.3. The van der Waals surface area contributed by atoms with Crippen LogP contribution in [-0.2, 0) is 0 Å². The molecule has 0 aliphatic carbocycles. The smallest absolute Gasteiger partial charge is 0.267 e. The number of nitrogens with one attached hydrogen (secondary N) is 2. The highest BCUT2D eigenvalue weighted by Gasteiger charge is 2.16. The fraction of sp³-hybridized carbons (Fsp3) is 0. The number of rotatable bonds is 4. The Hall–Kier alpha value is -4.85. The predicted molar refractivity (Wildman–Crippen MR) is 123 cm³/mol. The Kier molecular flexibility index (Phi) is 5.30. The number of nitrogens with zero attached hydrogens (tertiary/aromatic N) is 4. The van der Waals surface area contributed by atoms with E-state index in [0.29, 0.717) is 33.4 Å². The lowest BCUT2D eigenvalue weighted by Crippen LogP contribution is -2.41. The third-order valence-electron chi connectivity index (χ3n) is 5.04. The van der Waals surface area contributed by atoms with Crippen LogP contribution in [0.3, 0.4) is 0 Å². The van der Waals surface area contributed by atoms with Gasteiger partial charge in [-0.2, -0.15) is 5.10 Å². The molecule has 2 N–H and O–H groups in total. The molecule has 160 valence electrons. The number of fused-ring (bicyclic) bond motifs is 1. The van der Waals surface area contributed by atoms with Crippen molar-refractivity contribution < 1.29 is 9.59 Å². The molecule has 33 heavy (non-hydrogen) atoms. The highest BCUT2D eigenvalue weighted by atomic mass is 16.2. The van der Waals surface area contributed by atoms with E-state index in [-0.39, 0.29) is 0 Å². The van der Waals surface area contributed by atoms with Crippen molar-refractivity contribution in [2.75, 3.05) is 0 Å². The summed E-state index contributed by atoms with van der Waals surface area (Å²) in [6, 6.07) is 23.9. The zero-order valence-electron chi connectivity index (χ0n) is 17.3. The molecule has 0 saturated carbocycles. The molecule has 2 amide bonds. The van der Waals surface area contributed by atoms with Gasteiger partial charge in [0.15, 0.2) is 0 Å². The lowest BCUT2D eigenvalue weighted by atomic mass is 10.1. The SMILES string of the molecule is O=C(NNC(=O)c1cc(-c2ccccn2)nc2ccccc12)c1cnn(-c2ccccc2)c1. The molecule has 2 aromatic carbocycles. The highest BCUT2D eigenvalue weighted by Crippen LogP contribution is 2.23. The summed E-state index contributed by atoms with van der Waals surface area (Å²) in [5.41, 5.74) is 8.33. The van der Waals surface area contributed by atoms with Crippen LogP contribution in [0.15, 0.2) is 97.5 Å². The molecule has 0 bridgehead atoms. The van der Waals surface area contributed by atoms with Crippen LogP contribution in [0, 0.1) is 0 Å². The highest BCUT2D eigenvalue weighted by molar-refractivity contribution is 6.08. The minimum Gasteiger partial charge on any atom is -0.267 e. The van der Waals surface area contributed by atoms with Gasteiger partial charge in [0.05, 0.1) is 39.9 Å². The van der Waals surface area contributed by atoms with Crippen LogP contribution in [0.1, 0.15) is 20.7 Å². The first kappa shape index (κ1) is 20.1. The van der Waals surface area contributed by atoms with E-state index in [4.69, 9.17) is 0 Å². The number of para-hydroxylation sites is 2. The third-order valence-corrected chi connectivity index (χ3v) is 5.04. The molecule has 5 rings (SSSR count). The van der Waals surface area contributed by atoms with Crippen molar-refractivity contribution in [1.29, 1.82) is 0 Å². The molecule has 0 spiro atoms. The second kappa shape index (κ2) is 8.72. The molecule has 0 aliphatic rings. The predicted octanol–water partition coefficient (Wildman–Crippen LogP) is 3.56. The summed E-state index contributed by atoms with van der Waals surface area (Å²) in [4.78, 5) is 34.5. The largest absolute Gasteiger partial charge is 0.272 e. The Morgan fingerprint density at radius 3 is 2.36 bits per heavy atom. The summed E-state index contributed by atoms with van der Waals surface area (Å²) >= 11 is 0. The fourth-order valence-electron chi connectivity index (χ4n) is 3.42. The Morgan fingerprint density at radius 1 is 0.788 bits per heavy atom. The van der Waals surface area contributed by atoms with Gasteiger partial charge in [0.1, 0.15) is 0 Å². The van der Waals surface area contributed by atoms with Crippen molar-refractivity contribution in [3.63, 3.8) is 0 Å². The van der Waals surface area contributed by atoms with Gasteiger partial charge in [-0.1, -0.05) is 42.5 Å². The molecular weight excluding hydrogens is 416 g/mol. The van der Waals surface area contributed by atoms with Gasteiger partial charge in [-0.3, -0.25) is 25.4 Å². The number of benzene rings is 2. The standard InChI is InChI=1S/C25H18N6O2/c32-24(17-15-27-31(16-17)18-8-2-1-3-9-18)29-30-25(33)20-14-23(22-12-6-7-13-26-22)28-21-11-5-4-10-19(20)21/h1-16H,(H,29,32)(H,30,33). The lowest BCUT2D eigenvalue weighted by Gasteiger charge is -2.11. The first-order chi connectivity index (χ1) is 16.2. The van der Waals surface area contributed by atoms with E-state index in [1.54, 1.807) is 23.1 Å². The number of hydrogen-bond donors (Lipinski definition) is 2. The Labute approximate surface area is 188 Å². The monoisotopic (exact) mass is 434 g/mol. The molecule has 0 atom stereocenters. The van der Waals surface area contributed by atoms with E-state index in [0.717, 1.165) is 5.69 Å². The number of amides is 2. The second-order valence-corrected chi connectivity index (χ2v) is 7.20. The van der Waals surface area contributed by atoms with E-state index >= 15 is 0 Å². The number of carbonyl (C=O) groups is 2. The molecule has 5 aromatic rings. The molecule has 0 radical (unpaired) electrons. The van der Waals surface area contributed by atoms with Gasteiger partial charge in [-0.05, 0) is 36.4 Å². The van der Waals surface area contributed by atoms with Crippen LogP contribution in [-0.4, -0.2) is 31.6 Å². The topological polar surface area (TPSA) is 102 Å². The zero-order chi connectivity index (χ0) is 22.6. The quantitative estimate of drug-likeness (QED) is 0.421. The second-order valence-electron chi connectivity index (χ2n) is 7.20. The molecule has 0 unspecified atom stereocenters. The van der Waals surface area contributed by atoms with Gasteiger partial charge < -0.3 is 0 Å². The molecule has 3 aromatic heterocycles. The number of hydrogen-bond acceptors (Lipinski definition) is 5. The van der Waals surface area contributed by atoms with Gasteiger partial charge in [-0.15, -0.1) is 0 Å². The minimum absolute atomic E-state index is 0.313. The molecule has 0 aliphatic heterocycles. The van der Waals surface area contributed by atoms with E-state index in [2.05, 4.69) is 25.9 Å². The van der Waals surface area contributed by atoms with Crippen LogP contribution < -0.4 is 10.9 Å². The molecule has 0 fully saturated rings. The first-order valence-electron chi connectivity index (χ1n) is 10.2. The van der Waals surface area contributed by atoms with Crippen LogP contribution in [0.25, 0.3) is 28.0 Å². The van der Waals surface area contributed by atoms with E-state index < -0.39 is 11.8 Å². The molecule has 8 heteroatoms. The summed E-state index contributed by atoms with van der Waals surface area (Å²) in [6.45, 7) is 0. The Balaban J connectivity index is 1.37. The van der Waals surface area contributed by atoms with Crippen LogP contribution >= 0.6 is 0 Å². The first-order valence-corrected chi connectivity index (χ1v) is 10.2. The van der Waals surface area contributed by atoms with Crippen LogP contribution in [0.4, 0.5) is 0 Å². The van der Waals surface area contributed by atoms with Crippen molar-refractivity contribution in [3.05, 3.63) is 109 Å². The maximum atomic E-state index is 13.0. The maximum Gasteiger partial charge on any atom is 0.272 e. The average molecular weight is 434 g/mol. The molecule has 0 saturated heterocycles. The van der Waals surface area contributed by atoms with Crippen molar-refractivity contribution in [2.24, 2.45) is 0 Å². The van der Waals surface area contributed by atoms with E-state index in [9.17, 15) is 9.59 Å². The summed E-state index contributed by atoms with van der Waals surface area (Å²) in [5.74, 6) is -0.941. The summed E-state index contributed by atoms with van der Waals surface area (Å²) < 4.78 is 1.59. The van der Waals surface area contributed by atoms with Crippen LogP contribution in [0.2, 0.25) is 0 Å². The van der Waals surface area contributed by atoms with Crippen molar-refractivity contribution in [2.45, 2.75) is 0 Å². The Morgan fingerprint density at radius 2 is 1.55 bits per heavy atom. The summed E-state index contributed by atoms with van der Waals surface area (Å²) in [6.07, 6.45) is 4.70. The molecule has 8 nitrogen and oxygen atoms in total. The number of carbonyl (C=O) groups excluding carboxylic acids is 2. The summed E-state index contributed by atoms with van der Waals surface area (Å²) in [5, 5.41) is 4.87. The van der Waals surface area contributed by atoms with Crippen molar-refractivity contribution in [3.8, 4) is 17.1 Å². The van der Waals surface area contributed by atoms with Gasteiger partial charge in [-0.25, -0.2) is 9.67 Å². The van der Waals surface area contributed by atoms with Crippen molar-refractivity contribution in [1.82, 2.24) is 30.6 Å². The molecule has 3 heterocycles. The van der Waals surface area contributed by atoms with Crippen molar-refractivity contribution >= 4 is 22.7 Å². The molecular formula is C25H18N6O2. The maximum absolute atomic E-state index is 13.0. The summed E-state index contributed by atoms with van der Waals surface area (Å²) in [7, 11) is 0. The fourth-order valence-corrected chi connectivity index (χ4v) is 3.42. The van der Waals surface area contributed by atoms with Gasteiger partial charge in [0.25, 0.3) is 11.8 Å². The average Bonchev–Trinajstić information content (AvgIpc) is 3.38. The Bertz CT molecular complexity index is 1450. The third kappa shape index (κ3) is 4.17. The minimum atomic E-state index is -0.478. The number of hydrazine groups is 1. The normalized spacial score (nSPS) is 10.7. The van der Waals surface area contributed by atoms with E-state index in [1.807, 2.05) is 72.8 Å². The van der Waals surface area contributed by atoms with E-state index in [1.165, 1.54) is 6.20 Å². The van der Waals surface area contributed by atoms with Gasteiger partial charge in [0, 0.05) is 17.8 Å². The number of aromatic nitrogens is 4. The van der Waals surface area contributed by atoms with Crippen LogP contribution in [0.5, 0.6) is 0 Å². The van der Waals surface area contributed by atoms with Gasteiger partial charge in [0.2, 0.25) is 0 Å². The number of pyridine rings is 2. The lowest BCUT2D eigenvalue weighted by molar-refractivity contribution is 0.0847. The van der Waals surface area contributed by atoms with Gasteiger partial charge >= 0.3 is 0 Å².